The molecule has 0 radical (unpaired) electrons. The minimum absolute atomic E-state index is 0.0928. The van der Waals surface area contributed by atoms with Crippen LogP contribution < -0.4 is 4.74 Å². The van der Waals surface area contributed by atoms with Crippen LogP contribution in [0.3, 0.4) is 0 Å². The van der Waals surface area contributed by atoms with Crippen molar-refractivity contribution in [3.63, 3.8) is 0 Å². The number of pyridine rings is 1. The Morgan fingerprint density at radius 2 is 2.00 bits per heavy atom. The summed E-state index contributed by atoms with van der Waals surface area (Å²) >= 11 is 0. The second-order valence-corrected chi connectivity index (χ2v) is 6.11. The molecule has 134 valence electrons. The highest BCUT2D eigenvalue weighted by atomic mass is 19.4. The number of benzene rings is 1. The quantitative estimate of drug-likeness (QED) is 0.777. The van der Waals surface area contributed by atoms with Crippen LogP contribution in [0.15, 0.2) is 48.8 Å². The third kappa shape index (κ3) is 3.10. The summed E-state index contributed by atoms with van der Waals surface area (Å²) in [4.78, 5) is 20.9. The number of carbonyl (C=O) groups excluding carboxylic acids is 1. The third-order valence-corrected chi connectivity index (χ3v) is 4.29. The molecule has 5 nitrogen and oxygen atoms in total. The average Bonchev–Trinajstić information content (AvgIpc) is 3.04. The van der Waals surface area contributed by atoms with Crippen molar-refractivity contribution in [1.29, 1.82) is 0 Å². The van der Waals surface area contributed by atoms with Crippen LogP contribution in [-0.2, 0) is 6.18 Å². The highest BCUT2D eigenvalue weighted by Gasteiger charge is 2.34. The van der Waals surface area contributed by atoms with Gasteiger partial charge in [-0.3, -0.25) is 4.79 Å². The van der Waals surface area contributed by atoms with Gasteiger partial charge in [0.1, 0.15) is 6.10 Å². The summed E-state index contributed by atoms with van der Waals surface area (Å²) in [6.07, 6.45) is -1.96. The molecule has 0 aliphatic carbocycles. The molecule has 1 saturated heterocycles. The normalized spacial score (nSPS) is 15.1. The fourth-order valence-corrected chi connectivity index (χ4v) is 2.86. The first kappa shape index (κ1) is 16.4. The van der Waals surface area contributed by atoms with Gasteiger partial charge in [-0.15, -0.1) is 0 Å². The van der Waals surface area contributed by atoms with Gasteiger partial charge in [0.25, 0.3) is 5.91 Å². The monoisotopic (exact) mass is 361 g/mol. The number of likely N-dealkylation sites (tertiary alicyclic amines) is 1. The number of nitrogens with one attached hydrogen (secondary N) is 1. The number of rotatable bonds is 3. The lowest BCUT2D eigenvalue weighted by Gasteiger charge is -2.38. The summed E-state index contributed by atoms with van der Waals surface area (Å²) in [5.74, 6) is -0.233. The van der Waals surface area contributed by atoms with Gasteiger partial charge < -0.3 is 14.6 Å². The first-order chi connectivity index (χ1) is 12.4. The molecule has 0 spiro atoms. The topological polar surface area (TPSA) is 58.2 Å². The van der Waals surface area contributed by atoms with E-state index < -0.39 is 11.7 Å². The van der Waals surface area contributed by atoms with Gasteiger partial charge >= 0.3 is 6.18 Å². The van der Waals surface area contributed by atoms with E-state index in [4.69, 9.17) is 4.74 Å². The lowest BCUT2D eigenvalue weighted by atomic mass is 10.1. The number of alkyl halides is 3. The van der Waals surface area contributed by atoms with Crippen LogP contribution in [0, 0.1) is 0 Å². The van der Waals surface area contributed by atoms with Gasteiger partial charge in [-0.1, -0.05) is 6.07 Å². The van der Waals surface area contributed by atoms with Crippen molar-refractivity contribution in [2.24, 2.45) is 0 Å². The molecule has 3 aromatic rings. The molecule has 1 aromatic carbocycles. The van der Waals surface area contributed by atoms with Gasteiger partial charge in [-0.2, -0.15) is 13.2 Å². The number of ether oxygens (including phenoxy) is 1. The van der Waals surface area contributed by atoms with Crippen molar-refractivity contribution in [3.8, 4) is 5.88 Å². The Hall–Kier alpha value is -3.03. The molecule has 1 aliphatic heterocycles. The van der Waals surface area contributed by atoms with Crippen molar-refractivity contribution in [2.75, 3.05) is 13.1 Å². The van der Waals surface area contributed by atoms with E-state index in [1.54, 1.807) is 23.2 Å². The van der Waals surface area contributed by atoms with Crippen molar-refractivity contribution in [2.45, 2.75) is 12.3 Å². The smallest absolute Gasteiger partial charge is 0.416 e. The lowest BCUT2D eigenvalue weighted by Crippen LogP contribution is -2.56. The number of nitrogens with zero attached hydrogens (tertiary/aromatic N) is 2. The van der Waals surface area contributed by atoms with Crippen LogP contribution in [0.1, 0.15) is 15.9 Å². The van der Waals surface area contributed by atoms with Crippen molar-refractivity contribution in [1.82, 2.24) is 14.9 Å². The SMILES string of the molecule is O=C(c1ccc2cc[nH]c2c1)N1CC(Oc2cc(C(F)(F)F)ccn2)C1. The predicted octanol–water partition coefficient (Wildman–Crippen LogP) is 3.49. The Labute approximate surface area is 146 Å². The molecule has 0 unspecified atom stereocenters. The van der Waals surface area contributed by atoms with E-state index in [9.17, 15) is 18.0 Å². The molecular formula is C18H14F3N3O2. The zero-order valence-corrected chi connectivity index (χ0v) is 13.5. The fourth-order valence-electron chi connectivity index (χ4n) is 2.86. The van der Waals surface area contributed by atoms with Gasteiger partial charge in [0.2, 0.25) is 5.88 Å². The first-order valence-corrected chi connectivity index (χ1v) is 7.96. The highest BCUT2D eigenvalue weighted by Crippen LogP contribution is 2.31. The van der Waals surface area contributed by atoms with Crippen molar-refractivity contribution >= 4 is 16.8 Å². The molecule has 2 aromatic heterocycles. The van der Waals surface area contributed by atoms with Crippen LogP contribution in [-0.4, -0.2) is 40.0 Å². The molecular weight excluding hydrogens is 347 g/mol. The highest BCUT2D eigenvalue weighted by molar-refractivity contribution is 5.98. The van der Waals surface area contributed by atoms with Gasteiger partial charge in [0, 0.05) is 29.5 Å². The zero-order chi connectivity index (χ0) is 18.3. The Kier molecular flexibility index (Phi) is 3.82. The maximum Gasteiger partial charge on any atom is 0.416 e. The van der Waals surface area contributed by atoms with Crippen LogP contribution in [0.2, 0.25) is 0 Å². The lowest BCUT2D eigenvalue weighted by molar-refractivity contribution is -0.137. The molecule has 1 N–H and O–H groups in total. The Balaban J connectivity index is 1.38. The maximum atomic E-state index is 12.7. The molecule has 0 atom stereocenters. The fraction of sp³-hybridized carbons (Fsp3) is 0.222. The van der Waals surface area contributed by atoms with Gasteiger partial charge in [-0.05, 0) is 29.7 Å². The van der Waals surface area contributed by atoms with Crippen LogP contribution >= 0.6 is 0 Å². The molecule has 1 fully saturated rings. The van der Waals surface area contributed by atoms with Gasteiger partial charge in [-0.25, -0.2) is 4.98 Å². The van der Waals surface area contributed by atoms with E-state index in [2.05, 4.69) is 9.97 Å². The summed E-state index contributed by atoms with van der Waals surface area (Å²) in [5, 5.41) is 1.02. The molecule has 4 rings (SSSR count). The Morgan fingerprint density at radius 3 is 2.77 bits per heavy atom. The van der Waals surface area contributed by atoms with E-state index >= 15 is 0 Å². The number of aromatic nitrogens is 2. The van der Waals surface area contributed by atoms with Crippen LogP contribution in [0.25, 0.3) is 10.9 Å². The number of fused-ring (bicyclic) bond motifs is 1. The Bertz CT molecular complexity index is 961. The maximum absolute atomic E-state index is 12.7. The second kappa shape index (κ2) is 6.05. The number of hydrogen-bond donors (Lipinski definition) is 1. The number of hydrogen-bond acceptors (Lipinski definition) is 3. The third-order valence-electron chi connectivity index (χ3n) is 4.29. The van der Waals surface area contributed by atoms with Crippen LogP contribution in [0.4, 0.5) is 13.2 Å². The van der Waals surface area contributed by atoms with Crippen molar-refractivity contribution < 1.29 is 22.7 Å². The first-order valence-electron chi connectivity index (χ1n) is 7.96. The summed E-state index contributed by atoms with van der Waals surface area (Å²) in [5.41, 5.74) is 0.613. The molecule has 0 bridgehead atoms. The molecule has 1 aliphatic rings. The average molecular weight is 361 g/mol. The van der Waals surface area contributed by atoms with E-state index in [-0.39, 0.29) is 17.9 Å². The number of amides is 1. The molecule has 1 amide bonds. The van der Waals surface area contributed by atoms with Gasteiger partial charge in [0.15, 0.2) is 0 Å². The van der Waals surface area contributed by atoms with E-state index in [1.807, 2.05) is 12.1 Å². The standard InChI is InChI=1S/C18H14F3N3O2/c19-18(20,21)13-4-6-23-16(8-13)26-14-9-24(10-14)17(25)12-2-1-11-3-5-22-15(11)7-12/h1-8,14,22H,9-10H2. The van der Waals surface area contributed by atoms with Gasteiger partial charge in [0.05, 0.1) is 18.7 Å². The summed E-state index contributed by atoms with van der Waals surface area (Å²) in [7, 11) is 0. The summed E-state index contributed by atoms with van der Waals surface area (Å²) in [6, 6.07) is 9.06. The summed E-state index contributed by atoms with van der Waals surface area (Å²) in [6.45, 7) is 0.610. The van der Waals surface area contributed by atoms with E-state index in [0.717, 1.165) is 29.2 Å². The zero-order valence-electron chi connectivity index (χ0n) is 13.5. The molecule has 3 heterocycles. The second-order valence-electron chi connectivity index (χ2n) is 6.11. The predicted molar refractivity (Wildman–Crippen MR) is 87.9 cm³/mol. The van der Waals surface area contributed by atoms with Crippen LogP contribution in [0.5, 0.6) is 5.88 Å². The summed E-state index contributed by atoms with van der Waals surface area (Å²) < 4.78 is 43.6. The molecule has 0 saturated carbocycles. The van der Waals surface area contributed by atoms with Crippen molar-refractivity contribution in [3.05, 3.63) is 59.9 Å². The number of aromatic amines is 1. The molecule has 8 heteroatoms. The number of carbonyl (C=O) groups is 1. The molecule has 26 heavy (non-hydrogen) atoms. The minimum Gasteiger partial charge on any atom is -0.471 e. The van der Waals surface area contributed by atoms with E-state index in [0.29, 0.717) is 18.7 Å². The largest absolute Gasteiger partial charge is 0.471 e. The van der Waals surface area contributed by atoms with E-state index in [1.165, 1.54) is 0 Å². The Morgan fingerprint density at radius 1 is 1.19 bits per heavy atom. The minimum atomic E-state index is -4.45. The number of H-pyrrole nitrogens is 1. The number of halogens is 3.